The van der Waals surface area contributed by atoms with Crippen molar-refractivity contribution in [2.45, 2.75) is 0 Å². The Kier molecular flexibility index (Phi) is 5.02. The summed E-state index contributed by atoms with van der Waals surface area (Å²) in [5.41, 5.74) is 11.9. The zero-order valence-electron chi connectivity index (χ0n) is 24.7. The van der Waals surface area contributed by atoms with Gasteiger partial charge in [0.2, 0.25) is 0 Å². The van der Waals surface area contributed by atoms with Crippen LogP contribution in [0.2, 0.25) is 0 Å². The van der Waals surface area contributed by atoms with Gasteiger partial charge >= 0.3 is 0 Å². The number of hydrogen-bond acceptors (Lipinski definition) is 2. The second-order valence-electron chi connectivity index (χ2n) is 12.5. The van der Waals surface area contributed by atoms with Crippen molar-refractivity contribution in [1.82, 2.24) is 4.57 Å². The minimum Gasteiger partial charge on any atom is -0.309 e. The topological polar surface area (TPSA) is 4.93 Å². The molecule has 10 aromatic rings. The zero-order chi connectivity index (χ0) is 29.9. The molecule has 1 aliphatic heterocycles. The SMILES string of the molecule is B1c2cc(-n3c4ccccc4c4ccc5sc6ccccc6c5c43)ccc2-c2cc(-c3ccc4sc5ccccc5c4c3)ccc21. The summed E-state index contributed by atoms with van der Waals surface area (Å²) in [4.78, 5) is 0. The Bertz CT molecular complexity index is 2900. The first kappa shape index (κ1) is 25.1. The van der Waals surface area contributed by atoms with Crippen LogP contribution in [0.3, 0.4) is 0 Å². The molecule has 1 aliphatic rings. The van der Waals surface area contributed by atoms with Crippen LogP contribution in [0.5, 0.6) is 0 Å². The maximum atomic E-state index is 2.52. The third kappa shape index (κ3) is 3.40. The summed E-state index contributed by atoms with van der Waals surface area (Å²) in [6.07, 6.45) is 0. The third-order valence-corrected chi connectivity index (χ3v) is 12.3. The van der Waals surface area contributed by atoms with E-state index in [4.69, 9.17) is 0 Å². The van der Waals surface area contributed by atoms with Crippen molar-refractivity contribution in [2.75, 3.05) is 0 Å². The largest absolute Gasteiger partial charge is 0.309 e. The van der Waals surface area contributed by atoms with E-state index < -0.39 is 0 Å². The van der Waals surface area contributed by atoms with E-state index in [0.717, 1.165) is 7.28 Å². The lowest BCUT2D eigenvalue weighted by Crippen LogP contribution is -2.21. The fourth-order valence-electron chi connectivity index (χ4n) is 7.93. The number of aromatic nitrogens is 1. The first-order valence-electron chi connectivity index (χ1n) is 15.8. The predicted molar refractivity (Wildman–Crippen MR) is 204 cm³/mol. The molecule has 3 aromatic heterocycles. The van der Waals surface area contributed by atoms with Gasteiger partial charge in [-0.25, -0.2) is 0 Å². The average molecular weight is 618 g/mol. The Labute approximate surface area is 273 Å². The summed E-state index contributed by atoms with van der Waals surface area (Å²) in [5.74, 6) is 0. The van der Waals surface area contributed by atoms with Gasteiger partial charge in [0.15, 0.2) is 7.28 Å². The fourth-order valence-corrected chi connectivity index (χ4v) is 10.1. The Morgan fingerprint density at radius 1 is 0.435 bits per heavy atom. The minimum absolute atomic E-state index is 0.959. The molecule has 4 heteroatoms. The fraction of sp³-hybridized carbons (Fsp3) is 0. The molecule has 0 bridgehead atoms. The average Bonchev–Trinajstić information content (AvgIpc) is 3.85. The van der Waals surface area contributed by atoms with Crippen LogP contribution in [0.4, 0.5) is 0 Å². The summed E-state index contributed by atoms with van der Waals surface area (Å²) >= 11 is 3.77. The molecule has 7 aromatic carbocycles. The van der Waals surface area contributed by atoms with E-state index in [1.165, 1.54) is 101 Å². The van der Waals surface area contributed by atoms with Gasteiger partial charge in [-0.05, 0) is 76.9 Å². The molecule has 0 unspecified atom stereocenters. The van der Waals surface area contributed by atoms with Gasteiger partial charge in [0.05, 0.1) is 11.0 Å². The van der Waals surface area contributed by atoms with E-state index in [1.807, 2.05) is 22.7 Å². The van der Waals surface area contributed by atoms with E-state index in [0.29, 0.717) is 0 Å². The normalized spacial score (nSPS) is 12.5. The Morgan fingerprint density at radius 3 is 2.04 bits per heavy atom. The van der Waals surface area contributed by atoms with E-state index in [9.17, 15) is 0 Å². The molecule has 0 spiro atoms. The summed E-state index contributed by atoms with van der Waals surface area (Å²) in [6, 6.07) is 52.3. The summed E-state index contributed by atoms with van der Waals surface area (Å²) < 4.78 is 7.90. The highest BCUT2D eigenvalue weighted by atomic mass is 32.1. The number of nitrogens with zero attached hydrogens (tertiary/aromatic N) is 1. The molecule has 0 saturated heterocycles. The monoisotopic (exact) mass is 617 g/mol. The number of hydrogen-bond donors (Lipinski definition) is 0. The summed E-state index contributed by atoms with van der Waals surface area (Å²) in [7, 11) is 0.959. The van der Waals surface area contributed by atoms with E-state index in [1.54, 1.807) is 0 Å². The molecule has 0 fully saturated rings. The van der Waals surface area contributed by atoms with Crippen molar-refractivity contribution in [3.05, 3.63) is 140 Å². The zero-order valence-corrected chi connectivity index (χ0v) is 26.4. The van der Waals surface area contributed by atoms with Gasteiger partial charge in [-0.2, -0.15) is 0 Å². The van der Waals surface area contributed by atoms with Crippen LogP contribution >= 0.6 is 22.7 Å². The number of fused-ring (bicyclic) bond motifs is 13. The third-order valence-electron chi connectivity index (χ3n) is 10.0. The standard InChI is InChI=1S/C42H24BNS2/c1-4-10-36-28(7-1)30-17-20-40-41(31-9-3-6-12-38(31)46-40)42(30)44(36)26-15-16-27-32-21-24(13-18-34(32)43-35(27)23-26)25-14-19-39-33(22-25)29-8-2-5-11-37(29)45-39/h1-23,43H. The first-order chi connectivity index (χ1) is 22.8. The van der Waals surface area contributed by atoms with Crippen LogP contribution in [0.1, 0.15) is 0 Å². The minimum atomic E-state index is 0.959. The van der Waals surface area contributed by atoms with Crippen LogP contribution in [-0.4, -0.2) is 11.8 Å². The van der Waals surface area contributed by atoms with Crippen molar-refractivity contribution in [3.63, 3.8) is 0 Å². The molecule has 0 saturated carbocycles. The van der Waals surface area contributed by atoms with Crippen LogP contribution in [0.25, 0.3) is 90.1 Å². The van der Waals surface area contributed by atoms with Crippen LogP contribution in [0, 0.1) is 0 Å². The first-order valence-corrected chi connectivity index (χ1v) is 17.4. The van der Waals surface area contributed by atoms with E-state index in [2.05, 4.69) is 144 Å². The molecule has 46 heavy (non-hydrogen) atoms. The summed E-state index contributed by atoms with van der Waals surface area (Å²) in [5, 5.41) is 8.02. The van der Waals surface area contributed by atoms with Crippen molar-refractivity contribution in [3.8, 4) is 27.9 Å². The van der Waals surface area contributed by atoms with Crippen molar-refractivity contribution >= 4 is 103 Å². The number of thiophene rings is 2. The lowest BCUT2D eigenvalue weighted by atomic mass is 9.68. The van der Waals surface area contributed by atoms with Gasteiger partial charge < -0.3 is 4.57 Å². The van der Waals surface area contributed by atoms with Gasteiger partial charge in [-0.3, -0.25) is 0 Å². The van der Waals surface area contributed by atoms with Gasteiger partial charge in [-0.15, -0.1) is 22.7 Å². The van der Waals surface area contributed by atoms with Gasteiger partial charge in [0.1, 0.15) is 0 Å². The van der Waals surface area contributed by atoms with E-state index in [-0.39, 0.29) is 0 Å². The quantitative estimate of drug-likeness (QED) is 0.170. The van der Waals surface area contributed by atoms with Gasteiger partial charge in [0, 0.05) is 56.8 Å². The van der Waals surface area contributed by atoms with E-state index >= 15 is 0 Å². The molecule has 0 N–H and O–H groups in total. The molecular weight excluding hydrogens is 593 g/mol. The second kappa shape index (κ2) is 9.20. The Hall–Kier alpha value is -5.16. The Balaban J connectivity index is 1.08. The molecule has 212 valence electrons. The molecule has 0 amide bonds. The molecule has 0 radical (unpaired) electrons. The number of rotatable bonds is 2. The van der Waals surface area contributed by atoms with Crippen LogP contribution in [-0.2, 0) is 0 Å². The van der Waals surface area contributed by atoms with Crippen molar-refractivity contribution in [2.24, 2.45) is 0 Å². The summed E-state index contributed by atoms with van der Waals surface area (Å²) in [6.45, 7) is 0. The van der Waals surface area contributed by atoms with Crippen molar-refractivity contribution < 1.29 is 0 Å². The highest BCUT2D eigenvalue weighted by molar-refractivity contribution is 7.26. The van der Waals surface area contributed by atoms with Gasteiger partial charge in [-0.1, -0.05) is 95.9 Å². The smallest absolute Gasteiger partial charge is 0.193 e. The van der Waals surface area contributed by atoms with Crippen molar-refractivity contribution in [1.29, 1.82) is 0 Å². The number of benzene rings is 7. The maximum Gasteiger partial charge on any atom is 0.193 e. The molecule has 4 heterocycles. The molecule has 1 nitrogen and oxygen atoms in total. The highest BCUT2D eigenvalue weighted by Crippen LogP contribution is 2.43. The molecule has 11 rings (SSSR count). The number of para-hydroxylation sites is 1. The molecular formula is C42H24BNS2. The molecule has 0 aliphatic carbocycles. The van der Waals surface area contributed by atoms with Crippen LogP contribution < -0.4 is 10.9 Å². The lowest BCUT2D eigenvalue weighted by Gasteiger charge is -2.12. The van der Waals surface area contributed by atoms with Gasteiger partial charge in [0.25, 0.3) is 0 Å². The second-order valence-corrected chi connectivity index (χ2v) is 14.7. The maximum absolute atomic E-state index is 2.52. The molecule has 0 atom stereocenters. The lowest BCUT2D eigenvalue weighted by molar-refractivity contribution is 1.19. The predicted octanol–water partition coefficient (Wildman–Crippen LogP) is 10.6. The van der Waals surface area contributed by atoms with Crippen LogP contribution in [0.15, 0.2) is 140 Å². The highest BCUT2D eigenvalue weighted by Gasteiger charge is 2.23. The Morgan fingerprint density at radius 2 is 1.13 bits per heavy atom.